The van der Waals surface area contributed by atoms with Gasteiger partial charge in [-0.2, -0.15) is 0 Å². The van der Waals surface area contributed by atoms with Gasteiger partial charge in [-0.25, -0.2) is 5.01 Å². The van der Waals surface area contributed by atoms with Gasteiger partial charge in [0.1, 0.15) is 0 Å². The van der Waals surface area contributed by atoms with E-state index in [1.807, 2.05) is 0 Å². The van der Waals surface area contributed by atoms with E-state index in [0.29, 0.717) is 18.3 Å². The van der Waals surface area contributed by atoms with E-state index in [-0.39, 0.29) is 5.54 Å². The quantitative estimate of drug-likeness (QED) is 0.700. The molecule has 2 nitrogen and oxygen atoms in total. The number of para-hydroxylation sites is 1. The summed E-state index contributed by atoms with van der Waals surface area (Å²) >= 11 is 0. The van der Waals surface area contributed by atoms with Crippen LogP contribution in [-0.2, 0) is 0 Å². The van der Waals surface area contributed by atoms with Crippen LogP contribution >= 0.6 is 0 Å². The number of rotatable bonds is 1. The molecule has 1 unspecified atom stereocenters. The van der Waals surface area contributed by atoms with Crippen LogP contribution in [0.1, 0.15) is 46.6 Å². The third-order valence-electron chi connectivity index (χ3n) is 5.36. The van der Waals surface area contributed by atoms with Gasteiger partial charge < -0.3 is 4.92 Å². The van der Waals surface area contributed by atoms with Crippen LogP contribution in [0.3, 0.4) is 0 Å². The number of fused-ring (bicyclic) bond motifs is 1. The topological polar surface area (TPSA) is 6.48 Å². The van der Waals surface area contributed by atoms with Gasteiger partial charge in [0.15, 0.2) is 0 Å². The zero-order valence-corrected chi connectivity index (χ0v) is 14.2. The van der Waals surface area contributed by atoms with Crippen molar-refractivity contribution in [1.29, 1.82) is 0 Å². The normalized spacial score (nSPS) is 27.0. The minimum Gasteiger partial charge on any atom is -0.344 e. The highest BCUT2D eigenvalue weighted by Crippen LogP contribution is 2.48. The molecule has 0 radical (unpaired) electrons. The highest BCUT2D eigenvalue weighted by molar-refractivity contribution is 6.68. The first-order valence-electron chi connectivity index (χ1n) is 8.10. The fraction of sp³-hybridized carbons (Fsp3) is 0.556. The summed E-state index contributed by atoms with van der Waals surface area (Å²) in [6.45, 7) is 14.6. The van der Waals surface area contributed by atoms with Gasteiger partial charge in [-0.3, -0.25) is 0 Å². The second-order valence-corrected chi connectivity index (χ2v) is 8.00. The third-order valence-corrected chi connectivity index (χ3v) is 5.36. The summed E-state index contributed by atoms with van der Waals surface area (Å²) in [7, 11) is 0. The van der Waals surface area contributed by atoms with Gasteiger partial charge in [0.05, 0.1) is 0 Å². The summed E-state index contributed by atoms with van der Waals surface area (Å²) < 4.78 is 0. The second kappa shape index (κ2) is 4.64. The highest BCUT2D eigenvalue weighted by Gasteiger charge is 2.52. The van der Waals surface area contributed by atoms with Crippen LogP contribution in [-0.4, -0.2) is 23.4 Å². The Morgan fingerprint density at radius 1 is 1.14 bits per heavy atom. The predicted octanol–water partition coefficient (Wildman–Crippen LogP) is 4.49. The average molecular weight is 282 g/mol. The molecule has 0 bridgehead atoms. The van der Waals surface area contributed by atoms with Crippen molar-refractivity contribution in [2.24, 2.45) is 5.41 Å². The molecule has 0 spiro atoms. The van der Waals surface area contributed by atoms with Gasteiger partial charge in [-0.05, 0) is 44.2 Å². The molecular weight excluding hydrogens is 255 g/mol. The number of nitrogens with zero attached hydrogens (tertiary/aromatic N) is 2. The minimum atomic E-state index is 0.176. The molecule has 0 saturated carbocycles. The summed E-state index contributed by atoms with van der Waals surface area (Å²) in [4.78, 5) is 2.52. The van der Waals surface area contributed by atoms with E-state index in [4.69, 9.17) is 0 Å². The van der Waals surface area contributed by atoms with E-state index < -0.39 is 0 Å². The van der Waals surface area contributed by atoms with Crippen LogP contribution in [0.4, 0.5) is 5.69 Å². The van der Waals surface area contributed by atoms with E-state index in [1.165, 1.54) is 17.7 Å². The number of benzene rings is 1. The van der Waals surface area contributed by atoms with Crippen molar-refractivity contribution in [3.8, 4) is 0 Å². The lowest BCUT2D eigenvalue weighted by Crippen LogP contribution is -2.59. The van der Waals surface area contributed by atoms with Crippen LogP contribution in [0, 0.1) is 5.41 Å². The Balaban J connectivity index is 2.09. The Bertz CT molecular complexity index is 576. The second-order valence-electron chi connectivity index (χ2n) is 8.00. The molecule has 1 atom stereocenters. The van der Waals surface area contributed by atoms with Gasteiger partial charge in [0.2, 0.25) is 0 Å². The molecule has 1 fully saturated rings. The maximum Gasteiger partial charge on any atom is 0.296 e. The summed E-state index contributed by atoms with van der Waals surface area (Å²) in [6, 6.07) is 9.26. The smallest absolute Gasteiger partial charge is 0.296 e. The van der Waals surface area contributed by atoms with Gasteiger partial charge in [0.25, 0.3) is 6.85 Å². The molecule has 0 aliphatic carbocycles. The zero-order valence-electron chi connectivity index (χ0n) is 14.2. The van der Waals surface area contributed by atoms with Crippen molar-refractivity contribution >= 4 is 18.6 Å². The molecule has 1 aromatic carbocycles. The lowest BCUT2D eigenvalue weighted by atomic mass is 9.61. The van der Waals surface area contributed by atoms with Gasteiger partial charge in [-0.1, -0.05) is 50.9 Å². The van der Waals surface area contributed by atoms with E-state index in [0.717, 1.165) is 0 Å². The van der Waals surface area contributed by atoms with Crippen molar-refractivity contribution in [3.05, 3.63) is 35.8 Å². The number of anilines is 1. The molecule has 0 N–H and O–H groups in total. The maximum absolute atomic E-state index is 2.62. The first kappa shape index (κ1) is 14.7. The average Bonchev–Trinajstić information content (AvgIpc) is 2.55. The van der Waals surface area contributed by atoms with Crippen LogP contribution in [0.25, 0.3) is 6.08 Å². The minimum absolute atomic E-state index is 0.176. The molecule has 112 valence electrons. The molecule has 2 aliphatic rings. The van der Waals surface area contributed by atoms with E-state index in [2.05, 4.69) is 87.7 Å². The zero-order chi connectivity index (χ0) is 15.4. The molecular formula is C18H27BN2. The predicted molar refractivity (Wildman–Crippen MR) is 93.4 cm³/mol. The van der Waals surface area contributed by atoms with Crippen LogP contribution in [0.5, 0.6) is 0 Å². The van der Waals surface area contributed by atoms with Crippen molar-refractivity contribution < 1.29 is 0 Å². The standard InChI is InChI=1S/C18H27BN2/c1-14-17(2,3)13-18(4,5)20(14)21-16-10-8-7-9-15(16)11-12-19(21)6/h7-12,14H,13H2,1-6H3. The highest BCUT2D eigenvalue weighted by atomic mass is 15.6. The molecule has 3 heteroatoms. The molecule has 2 aliphatic heterocycles. The Labute approximate surface area is 129 Å². The van der Waals surface area contributed by atoms with Crippen LogP contribution in [0.2, 0.25) is 6.82 Å². The van der Waals surface area contributed by atoms with Crippen molar-refractivity contribution in [2.45, 2.75) is 59.4 Å². The molecule has 3 rings (SSSR count). The Kier molecular flexibility index (Phi) is 3.25. The fourth-order valence-electron chi connectivity index (χ4n) is 4.37. The first-order chi connectivity index (χ1) is 9.74. The Morgan fingerprint density at radius 3 is 2.43 bits per heavy atom. The van der Waals surface area contributed by atoms with Crippen molar-refractivity contribution in [2.75, 3.05) is 4.92 Å². The van der Waals surface area contributed by atoms with Gasteiger partial charge in [0, 0.05) is 17.3 Å². The summed E-state index contributed by atoms with van der Waals surface area (Å²) in [5.74, 6) is 2.32. The van der Waals surface area contributed by atoms with Gasteiger partial charge in [-0.15, -0.1) is 0 Å². The Hall–Kier alpha value is -1.22. The maximum atomic E-state index is 2.62. The van der Waals surface area contributed by atoms with Crippen LogP contribution in [0.15, 0.2) is 30.2 Å². The molecule has 2 heterocycles. The number of hydrogen-bond donors (Lipinski definition) is 0. The summed E-state index contributed by atoms with van der Waals surface area (Å²) in [5, 5.41) is 2.62. The van der Waals surface area contributed by atoms with Crippen molar-refractivity contribution in [3.63, 3.8) is 0 Å². The lowest BCUT2D eigenvalue weighted by molar-refractivity contribution is 0.132. The number of hydrogen-bond acceptors (Lipinski definition) is 2. The summed E-state index contributed by atoms with van der Waals surface area (Å²) in [5.41, 5.74) is 3.17. The molecule has 0 amide bonds. The van der Waals surface area contributed by atoms with E-state index in [9.17, 15) is 0 Å². The molecule has 21 heavy (non-hydrogen) atoms. The largest absolute Gasteiger partial charge is 0.344 e. The molecule has 1 saturated heterocycles. The molecule has 0 aromatic heterocycles. The molecule has 1 aromatic rings. The SMILES string of the molecule is CB1C=Cc2ccccc2N1N1C(C)C(C)(C)CC1(C)C. The van der Waals surface area contributed by atoms with Crippen LogP contribution < -0.4 is 4.92 Å². The third kappa shape index (κ3) is 2.22. The lowest BCUT2D eigenvalue weighted by Gasteiger charge is -2.48. The first-order valence-corrected chi connectivity index (χ1v) is 8.10. The van der Waals surface area contributed by atoms with Crippen molar-refractivity contribution in [1.82, 2.24) is 5.01 Å². The van der Waals surface area contributed by atoms with Gasteiger partial charge >= 0.3 is 0 Å². The van der Waals surface area contributed by atoms with E-state index >= 15 is 0 Å². The summed E-state index contributed by atoms with van der Waals surface area (Å²) in [6.07, 6.45) is 3.48. The Morgan fingerprint density at radius 2 is 1.81 bits per heavy atom. The monoisotopic (exact) mass is 282 g/mol. The van der Waals surface area contributed by atoms with E-state index in [1.54, 1.807) is 0 Å². The fourth-order valence-corrected chi connectivity index (χ4v) is 4.37. The number of hydrazine groups is 1.